The molecule has 2 aromatic rings. The smallest absolute Gasteiger partial charge is 0.282 e. The van der Waals surface area contributed by atoms with Gasteiger partial charge in [0.25, 0.3) is 12.3 Å². The number of hydrogen-bond acceptors (Lipinski definition) is 3. The first-order valence-corrected chi connectivity index (χ1v) is 8.13. The van der Waals surface area contributed by atoms with Crippen molar-refractivity contribution in [1.29, 1.82) is 0 Å². The van der Waals surface area contributed by atoms with Crippen LogP contribution in [0.15, 0.2) is 17.6 Å². The summed E-state index contributed by atoms with van der Waals surface area (Å²) in [6.07, 6.45) is 2.55. The number of carbonyl (C=O) groups is 1. The maximum atomic E-state index is 13.0. The highest BCUT2D eigenvalue weighted by molar-refractivity contribution is 7.10. The molecule has 0 spiro atoms. The average molecular weight is 325 g/mol. The average Bonchev–Trinajstić information content (AvgIpc) is 3.04. The summed E-state index contributed by atoms with van der Waals surface area (Å²) in [5.41, 5.74) is 0.757. The molecule has 0 aliphatic heterocycles. The third kappa shape index (κ3) is 2.90. The molecule has 0 radical (unpaired) electrons. The Morgan fingerprint density at radius 1 is 1.50 bits per heavy atom. The van der Waals surface area contributed by atoms with Gasteiger partial charge in [-0.25, -0.2) is 8.78 Å². The van der Waals surface area contributed by atoms with Gasteiger partial charge in [-0.3, -0.25) is 9.48 Å². The van der Waals surface area contributed by atoms with Crippen molar-refractivity contribution >= 4 is 17.2 Å². The van der Waals surface area contributed by atoms with Gasteiger partial charge in [0.05, 0.1) is 11.6 Å². The number of nitrogens with one attached hydrogen (secondary N) is 1. The zero-order chi connectivity index (χ0) is 15.7. The number of alkyl halides is 2. The number of fused-ring (bicyclic) bond motifs is 1. The molecule has 0 saturated carbocycles. The van der Waals surface area contributed by atoms with Crippen molar-refractivity contribution in [3.63, 3.8) is 0 Å². The van der Waals surface area contributed by atoms with Gasteiger partial charge >= 0.3 is 0 Å². The van der Waals surface area contributed by atoms with Gasteiger partial charge in [-0.1, -0.05) is 6.42 Å². The Kier molecular flexibility index (Phi) is 4.24. The summed E-state index contributed by atoms with van der Waals surface area (Å²) in [6, 6.07) is 1.98. The van der Waals surface area contributed by atoms with E-state index < -0.39 is 18.0 Å². The van der Waals surface area contributed by atoms with Crippen LogP contribution in [0.5, 0.6) is 0 Å². The number of thiophene rings is 1. The minimum Gasteiger partial charge on any atom is -0.344 e. The second-order valence-corrected chi connectivity index (χ2v) is 6.43. The van der Waals surface area contributed by atoms with E-state index in [0.29, 0.717) is 0 Å². The van der Waals surface area contributed by atoms with E-state index in [1.165, 1.54) is 23.5 Å². The van der Waals surface area contributed by atoms with Crippen LogP contribution in [0.2, 0.25) is 0 Å². The van der Waals surface area contributed by atoms with Crippen molar-refractivity contribution < 1.29 is 13.6 Å². The lowest BCUT2D eigenvalue weighted by Crippen LogP contribution is -2.28. The van der Waals surface area contributed by atoms with Crippen LogP contribution in [0, 0.1) is 0 Å². The lowest BCUT2D eigenvalue weighted by molar-refractivity contribution is 0.0920. The Bertz CT molecular complexity index is 680. The first-order chi connectivity index (χ1) is 10.6. The summed E-state index contributed by atoms with van der Waals surface area (Å²) < 4.78 is 27.2. The van der Waals surface area contributed by atoms with E-state index in [-0.39, 0.29) is 11.6 Å². The van der Waals surface area contributed by atoms with Gasteiger partial charge in [0, 0.05) is 18.1 Å². The topological polar surface area (TPSA) is 46.9 Å². The minimum atomic E-state index is -2.76. The van der Waals surface area contributed by atoms with Gasteiger partial charge in [0.2, 0.25) is 0 Å². The molecule has 1 atom stereocenters. The molecule has 0 bridgehead atoms. The molecule has 0 saturated heterocycles. The summed E-state index contributed by atoms with van der Waals surface area (Å²) in [5.74, 6) is -0.477. The number of rotatable bonds is 3. The lowest BCUT2D eigenvalue weighted by atomic mass is 10.1. The molecule has 118 valence electrons. The molecule has 22 heavy (non-hydrogen) atoms. The highest BCUT2D eigenvalue weighted by Gasteiger charge is 2.26. The molecule has 1 amide bonds. The summed E-state index contributed by atoms with van der Waals surface area (Å²) in [5, 5.41) is 8.61. The summed E-state index contributed by atoms with van der Waals surface area (Å²) in [4.78, 5) is 13.5. The standard InChI is InChI=1S/C15H17F2N3OS/c1-20-8-10(12(19-20)14(16)17)15(21)18-11-5-3-2-4-9-6-7-22-13(9)11/h6-8,11,14H,2-5H2,1H3,(H,18,21). The highest BCUT2D eigenvalue weighted by atomic mass is 32.1. The Morgan fingerprint density at radius 3 is 3.09 bits per heavy atom. The Hall–Kier alpha value is -1.76. The van der Waals surface area contributed by atoms with Crippen LogP contribution in [-0.4, -0.2) is 15.7 Å². The molecule has 4 nitrogen and oxygen atoms in total. The molecule has 7 heteroatoms. The summed E-state index contributed by atoms with van der Waals surface area (Å²) >= 11 is 1.62. The van der Waals surface area contributed by atoms with Crippen LogP contribution in [0.3, 0.4) is 0 Å². The molecular formula is C15H17F2N3OS. The van der Waals surface area contributed by atoms with Gasteiger partial charge < -0.3 is 5.32 Å². The van der Waals surface area contributed by atoms with Gasteiger partial charge in [-0.2, -0.15) is 5.10 Å². The molecular weight excluding hydrogens is 308 g/mol. The SMILES string of the molecule is Cn1cc(C(=O)NC2CCCCc3ccsc32)c(C(F)F)n1. The summed E-state index contributed by atoms with van der Waals surface area (Å²) in [7, 11) is 1.53. The molecule has 3 rings (SSSR count). The van der Waals surface area contributed by atoms with Crippen molar-refractivity contribution in [2.24, 2.45) is 7.05 Å². The normalized spacial score (nSPS) is 18.1. The maximum absolute atomic E-state index is 13.0. The monoisotopic (exact) mass is 325 g/mol. The number of aromatic nitrogens is 2. The Labute approximate surface area is 131 Å². The number of hydrogen-bond donors (Lipinski definition) is 1. The first-order valence-electron chi connectivity index (χ1n) is 7.25. The number of halogens is 2. The van der Waals surface area contributed by atoms with Crippen LogP contribution in [0.25, 0.3) is 0 Å². The quantitative estimate of drug-likeness (QED) is 0.876. The lowest BCUT2D eigenvalue weighted by Gasteiger charge is -2.16. The molecule has 0 fully saturated rings. The van der Waals surface area contributed by atoms with Crippen LogP contribution < -0.4 is 5.32 Å². The fourth-order valence-corrected chi connectivity index (χ4v) is 3.91. The number of nitrogens with zero attached hydrogens (tertiary/aromatic N) is 2. The summed E-state index contributed by atoms with van der Waals surface area (Å²) in [6.45, 7) is 0. The minimum absolute atomic E-state index is 0.0418. The third-order valence-electron chi connectivity index (χ3n) is 3.90. The predicted octanol–water partition coefficient (Wildman–Crippen LogP) is 3.62. The fourth-order valence-electron chi connectivity index (χ4n) is 2.87. The van der Waals surface area contributed by atoms with Crippen LogP contribution in [0.4, 0.5) is 8.78 Å². The Morgan fingerprint density at radius 2 is 2.32 bits per heavy atom. The molecule has 2 heterocycles. The molecule has 2 aromatic heterocycles. The van der Waals surface area contributed by atoms with E-state index in [4.69, 9.17) is 0 Å². The predicted molar refractivity (Wildman–Crippen MR) is 80.2 cm³/mol. The van der Waals surface area contributed by atoms with E-state index >= 15 is 0 Å². The number of amides is 1. The molecule has 1 aliphatic rings. The van der Waals surface area contributed by atoms with E-state index in [1.807, 2.05) is 5.38 Å². The van der Waals surface area contributed by atoms with E-state index in [0.717, 1.165) is 30.6 Å². The highest BCUT2D eigenvalue weighted by Crippen LogP contribution is 2.33. The van der Waals surface area contributed by atoms with Crippen molar-refractivity contribution in [2.75, 3.05) is 0 Å². The molecule has 1 N–H and O–H groups in total. The van der Waals surface area contributed by atoms with Gasteiger partial charge in [-0.05, 0) is 36.3 Å². The van der Waals surface area contributed by atoms with E-state index in [9.17, 15) is 13.6 Å². The second-order valence-electron chi connectivity index (χ2n) is 5.48. The first kappa shape index (κ1) is 15.1. The van der Waals surface area contributed by atoms with Crippen molar-refractivity contribution in [3.8, 4) is 0 Å². The number of aryl methyl sites for hydroxylation is 2. The van der Waals surface area contributed by atoms with Crippen LogP contribution in [0.1, 0.15) is 58.2 Å². The van der Waals surface area contributed by atoms with Crippen LogP contribution in [-0.2, 0) is 13.5 Å². The third-order valence-corrected chi connectivity index (χ3v) is 4.97. The van der Waals surface area contributed by atoms with Crippen molar-refractivity contribution in [2.45, 2.75) is 38.2 Å². The second kappa shape index (κ2) is 6.16. The fraction of sp³-hybridized carbons (Fsp3) is 0.467. The van der Waals surface area contributed by atoms with Gasteiger partial charge in [-0.15, -0.1) is 11.3 Å². The zero-order valence-corrected chi connectivity index (χ0v) is 13.0. The van der Waals surface area contributed by atoms with E-state index in [2.05, 4.69) is 16.5 Å². The van der Waals surface area contributed by atoms with Crippen molar-refractivity contribution in [1.82, 2.24) is 15.1 Å². The van der Waals surface area contributed by atoms with Crippen LogP contribution >= 0.6 is 11.3 Å². The van der Waals surface area contributed by atoms with Crippen molar-refractivity contribution in [3.05, 3.63) is 39.3 Å². The number of carbonyl (C=O) groups excluding carboxylic acids is 1. The van der Waals surface area contributed by atoms with Gasteiger partial charge in [0.1, 0.15) is 5.69 Å². The van der Waals surface area contributed by atoms with Gasteiger partial charge in [0.15, 0.2) is 0 Å². The maximum Gasteiger partial charge on any atom is 0.282 e. The molecule has 1 unspecified atom stereocenters. The zero-order valence-electron chi connectivity index (χ0n) is 12.2. The Balaban J connectivity index is 1.83. The molecule has 0 aromatic carbocycles. The largest absolute Gasteiger partial charge is 0.344 e. The van der Waals surface area contributed by atoms with E-state index in [1.54, 1.807) is 11.3 Å². The molecule has 1 aliphatic carbocycles.